The maximum atomic E-state index is 12.1. The monoisotopic (exact) mass is 367 g/mol. The molecule has 0 radical (unpaired) electrons. The summed E-state index contributed by atoms with van der Waals surface area (Å²) in [4.78, 5) is 12.1. The molecule has 1 aromatic rings. The lowest BCUT2D eigenvalue weighted by atomic mass is 9.87. The molecule has 1 aromatic carbocycles. The van der Waals surface area contributed by atoms with Crippen LogP contribution in [0.1, 0.15) is 44.6 Å². The second-order valence-electron chi connectivity index (χ2n) is 7.35. The van der Waals surface area contributed by atoms with Crippen molar-refractivity contribution in [2.24, 2.45) is 17.6 Å². The van der Waals surface area contributed by atoms with E-state index in [9.17, 15) is 4.79 Å². The smallest absolute Gasteiger partial charge is 0.323 e. The topological polar surface area (TPSA) is 61.5 Å². The van der Waals surface area contributed by atoms with Gasteiger partial charge in [0.05, 0.1) is 6.10 Å². The summed E-state index contributed by atoms with van der Waals surface area (Å²) in [6, 6.07) is 9.88. The van der Waals surface area contributed by atoms with E-state index < -0.39 is 6.04 Å². The Morgan fingerprint density at radius 3 is 2.56 bits per heavy atom. The molecule has 1 heterocycles. The summed E-state index contributed by atoms with van der Waals surface area (Å²) < 4.78 is 12.0. The lowest BCUT2D eigenvalue weighted by molar-refractivity contribution is -0.155. The number of hydrogen-bond acceptors (Lipinski definition) is 4. The van der Waals surface area contributed by atoms with Crippen LogP contribution >= 0.6 is 12.4 Å². The number of nitrogens with two attached hydrogens (primary N) is 1. The summed E-state index contributed by atoms with van der Waals surface area (Å²) in [6.45, 7) is 2.82. The minimum atomic E-state index is -0.507. The fourth-order valence-corrected chi connectivity index (χ4v) is 3.47. The first-order valence-corrected chi connectivity index (χ1v) is 9.25. The summed E-state index contributed by atoms with van der Waals surface area (Å²) in [5, 5.41) is 0. The van der Waals surface area contributed by atoms with E-state index in [1.807, 2.05) is 13.0 Å². The second kappa shape index (κ2) is 9.56. The molecule has 5 heteroatoms. The van der Waals surface area contributed by atoms with E-state index >= 15 is 0 Å². The molecule has 140 valence electrons. The van der Waals surface area contributed by atoms with Crippen LogP contribution < -0.4 is 5.73 Å². The van der Waals surface area contributed by atoms with E-state index in [0.29, 0.717) is 6.42 Å². The summed E-state index contributed by atoms with van der Waals surface area (Å²) in [7, 11) is 0. The van der Waals surface area contributed by atoms with Crippen LogP contribution in [0.4, 0.5) is 0 Å². The van der Waals surface area contributed by atoms with Crippen molar-refractivity contribution in [1.29, 1.82) is 0 Å². The van der Waals surface area contributed by atoms with Crippen molar-refractivity contribution in [2.45, 2.75) is 63.7 Å². The highest BCUT2D eigenvalue weighted by atomic mass is 35.5. The average molecular weight is 368 g/mol. The molecule has 2 N–H and O–H groups in total. The predicted molar refractivity (Wildman–Crippen MR) is 101 cm³/mol. The van der Waals surface area contributed by atoms with Crippen molar-refractivity contribution in [2.75, 3.05) is 6.61 Å². The standard InChI is InChI=1S/C20H29NO3.ClH/c1-14-17(12-15-6-3-2-4-7-15)19(23-13-16-10-11-16)9-5-8-18(21)20(22)24-14;/h2-4,6-7,14,16-19H,5,8-13,21H2,1H3;1H/t14-,17-,18-,19-;/m0./s1. The van der Waals surface area contributed by atoms with E-state index in [0.717, 1.165) is 31.8 Å². The molecule has 0 spiro atoms. The lowest BCUT2D eigenvalue weighted by Gasteiger charge is -2.31. The fraction of sp³-hybridized carbons (Fsp3) is 0.650. The van der Waals surface area contributed by atoms with Crippen molar-refractivity contribution < 1.29 is 14.3 Å². The van der Waals surface area contributed by atoms with Crippen LogP contribution in [0.15, 0.2) is 30.3 Å². The minimum absolute atomic E-state index is 0. The summed E-state index contributed by atoms with van der Waals surface area (Å²) in [5.41, 5.74) is 7.20. The van der Waals surface area contributed by atoms with Gasteiger partial charge in [-0.15, -0.1) is 12.4 Å². The van der Waals surface area contributed by atoms with Gasteiger partial charge in [-0.05, 0) is 56.9 Å². The summed E-state index contributed by atoms with van der Waals surface area (Å²) >= 11 is 0. The zero-order valence-electron chi connectivity index (χ0n) is 14.9. The normalized spacial score (nSPS) is 30.4. The molecular weight excluding hydrogens is 338 g/mol. The van der Waals surface area contributed by atoms with Gasteiger partial charge in [0.2, 0.25) is 0 Å². The van der Waals surface area contributed by atoms with Gasteiger partial charge in [-0.3, -0.25) is 4.79 Å². The van der Waals surface area contributed by atoms with Crippen LogP contribution in [0, 0.1) is 11.8 Å². The molecule has 0 bridgehead atoms. The van der Waals surface area contributed by atoms with Gasteiger partial charge >= 0.3 is 5.97 Å². The first-order valence-electron chi connectivity index (χ1n) is 9.25. The molecule has 1 aliphatic carbocycles. The Labute approximate surface area is 156 Å². The highest BCUT2D eigenvalue weighted by Gasteiger charge is 2.34. The Kier molecular flexibility index (Phi) is 7.73. The predicted octanol–water partition coefficient (Wildman–Crippen LogP) is 3.51. The molecule has 0 aromatic heterocycles. The third-order valence-corrected chi connectivity index (χ3v) is 5.25. The molecule has 25 heavy (non-hydrogen) atoms. The number of ether oxygens (including phenoxy) is 2. The van der Waals surface area contributed by atoms with Crippen LogP contribution in [0.2, 0.25) is 0 Å². The fourth-order valence-electron chi connectivity index (χ4n) is 3.47. The Hall–Kier alpha value is -1.10. The van der Waals surface area contributed by atoms with E-state index in [1.54, 1.807) is 0 Å². The molecule has 1 aliphatic heterocycles. The molecule has 0 amide bonds. The molecule has 2 aliphatic rings. The Morgan fingerprint density at radius 2 is 1.88 bits per heavy atom. The van der Waals surface area contributed by atoms with Gasteiger partial charge in [-0.25, -0.2) is 0 Å². The number of carbonyl (C=O) groups is 1. The molecule has 2 fully saturated rings. The molecular formula is C20H30ClNO3. The van der Waals surface area contributed by atoms with Gasteiger partial charge in [0.1, 0.15) is 12.1 Å². The zero-order valence-corrected chi connectivity index (χ0v) is 15.8. The highest BCUT2D eigenvalue weighted by Crippen LogP contribution is 2.32. The lowest BCUT2D eigenvalue weighted by Crippen LogP contribution is -2.39. The van der Waals surface area contributed by atoms with Crippen molar-refractivity contribution in [3.63, 3.8) is 0 Å². The number of benzene rings is 1. The molecule has 1 saturated heterocycles. The van der Waals surface area contributed by atoms with Gasteiger partial charge in [0.25, 0.3) is 0 Å². The number of carbonyl (C=O) groups excluding carboxylic acids is 1. The largest absolute Gasteiger partial charge is 0.461 e. The van der Waals surface area contributed by atoms with Crippen molar-refractivity contribution in [1.82, 2.24) is 0 Å². The first kappa shape index (κ1) is 20.2. The highest BCUT2D eigenvalue weighted by molar-refractivity contribution is 5.85. The third-order valence-electron chi connectivity index (χ3n) is 5.25. The van der Waals surface area contributed by atoms with Gasteiger partial charge in [-0.1, -0.05) is 30.3 Å². The van der Waals surface area contributed by atoms with Crippen molar-refractivity contribution >= 4 is 18.4 Å². The van der Waals surface area contributed by atoms with E-state index in [-0.39, 0.29) is 36.5 Å². The van der Waals surface area contributed by atoms with Crippen LogP contribution in [-0.2, 0) is 20.7 Å². The Bertz CT molecular complexity index is 535. The average Bonchev–Trinajstić information content (AvgIpc) is 3.40. The molecule has 4 nitrogen and oxygen atoms in total. The van der Waals surface area contributed by atoms with Gasteiger partial charge in [0, 0.05) is 12.5 Å². The molecule has 1 saturated carbocycles. The quantitative estimate of drug-likeness (QED) is 0.809. The Morgan fingerprint density at radius 1 is 1.16 bits per heavy atom. The second-order valence-corrected chi connectivity index (χ2v) is 7.35. The number of halogens is 1. The SMILES string of the molecule is C[C@@H]1OC(=O)[C@@H](N)CCC[C@H](OCC2CC2)[C@H]1Cc1ccccc1.Cl. The van der Waals surface area contributed by atoms with E-state index in [1.165, 1.54) is 18.4 Å². The van der Waals surface area contributed by atoms with E-state index in [2.05, 4.69) is 24.3 Å². The minimum Gasteiger partial charge on any atom is -0.461 e. The molecule has 0 unspecified atom stereocenters. The maximum Gasteiger partial charge on any atom is 0.323 e. The number of rotatable bonds is 5. The van der Waals surface area contributed by atoms with E-state index in [4.69, 9.17) is 15.2 Å². The molecule has 3 rings (SSSR count). The van der Waals surface area contributed by atoms with Gasteiger partial charge < -0.3 is 15.2 Å². The zero-order chi connectivity index (χ0) is 16.9. The van der Waals surface area contributed by atoms with Crippen LogP contribution in [-0.4, -0.2) is 30.8 Å². The maximum absolute atomic E-state index is 12.1. The summed E-state index contributed by atoms with van der Waals surface area (Å²) in [6.07, 6.45) is 5.89. The van der Waals surface area contributed by atoms with Crippen LogP contribution in [0.25, 0.3) is 0 Å². The number of esters is 1. The first-order chi connectivity index (χ1) is 11.6. The van der Waals surface area contributed by atoms with Crippen molar-refractivity contribution in [3.05, 3.63) is 35.9 Å². The number of cyclic esters (lactones) is 1. The third kappa shape index (κ3) is 5.98. The Balaban J connectivity index is 0.00000225. The van der Waals surface area contributed by atoms with Crippen LogP contribution in [0.3, 0.4) is 0 Å². The van der Waals surface area contributed by atoms with Crippen molar-refractivity contribution in [3.8, 4) is 0 Å². The number of hydrogen-bond donors (Lipinski definition) is 1. The summed E-state index contributed by atoms with van der Waals surface area (Å²) in [5.74, 6) is 0.624. The van der Waals surface area contributed by atoms with Gasteiger partial charge in [0.15, 0.2) is 0 Å². The van der Waals surface area contributed by atoms with Gasteiger partial charge in [-0.2, -0.15) is 0 Å². The van der Waals surface area contributed by atoms with Crippen LogP contribution in [0.5, 0.6) is 0 Å². The molecule has 4 atom stereocenters.